The second kappa shape index (κ2) is 4.15. The molecule has 0 aromatic carbocycles. The van der Waals surface area contributed by atoms with Crippen LogP contribution in [-0.2, 0) is 5.54 Å². The van der Waals surface area contributed by atoms with Gasteiger partial charge in [0.05, 0.1) is 10.6 Å². The second-order valence-corrected chi connectivity index (χ2v) is 7.41. The first-order valence-corrected chi connectivity index (χ1v) is 8.04. The lowest BCUT2D eigenvalue weighted by Gasteiger charge is -2.55. The number of fused-ring (bicyclic) bond motifs is 1. The molecule has 9 heteroatoms. The zero-order chi connectivity index (χ0) is 15.8. The lowest BCUT2D eigenvalue weighted by molar-refractivity contribution is -0.392. The summed E-state index contributed by atoms with van der Waals surface area (Å²) in [5.74, 6) is 1.62. The minimum atomic E-state index is -0.816. The molecule has 4 saturated carbocycles. The molecule has 2 aromatic rings. The number of aromatic nitrogens is 5. The zero-order valence-electron chi connectivity index (χ0n) is 12.5. The molecule has 0 radical (unpaired) electrons. The molecule has 0 N–H and O–H groups in total. The molecule has 2 aromatic heterocycles. The summed E-state index contributed by atoms with van der Waals surface area (Å²) in [7, 11) is 0. The van der Waals surface area contributed by atoms with E-state index in [1.807, 2.05) is 0 Å². The van der Waals surface area contributed by atoms with Gasteiger partial charge in [-0.15, -0.1) is 9.78 Å². The summed E-state index contributed by atoms with van der Waals surface area (Å²) >= 11 is 0. The first kappa shape index (κ1) is 13.1. The molecule has 4 aliphatic carbocycles. The highest BCUT2D eigenvalue weighted by Gasteiger charge is 2.54. The Morgan fingerprint density at radius 1 is 1.17 bits per heavy atom. The molecule has 0 saturated heterocycles. The highest BCUT2D eigenvalue weighted by molar-refractivity contribution is 5.31. The van der Waals surface area contributed by atoms with Crippen LogP contribution in [0.15, 0.2) is 11.1 Å². The molecule has 0 atom stereocenters. The van der Waals surface area contributed by atoms with Crippen molar-refractivity contribution in [1.82, 2.24) is 24.4 Å². The second-order valence-electron chi connectivity index (χ2n) is 7.41. The van der Waals surface area contributed by atoms with Gasteiger partial charge in [0.1, 0.15) is 6.33 Å². The Labute approximate surface area is 130 Å². The Hall–Kier alpha value is -2.32. The normalized spacial score (nSPS) is 35.0. The summed E-state index contributed by atoms with van der Waals surface area (Å²) in [4.78, 5) is 26.8. The molecule has 23 heavy (non-hydrogen) atoms. The van der Waals surface area contributed by atoms with Crippen LogP contribution >= 0.6 is 0 Å². The Kier molecular flexibility index (Phi) is 2.37. The highest BCUT2D eigenvalue weighted by atomic mass is 16.6. The molecule has 4 bridgehead atoms. The molecule has 0 amide bonds. The van der Waals surface area contributed by atoms with Gasteiger partial charge in [-0.2, -0.15) is 9.50 Å². The standard InChI is InChI=1S/C14H16N6O3/c21-12-11(20(22)23)17-19(13-15-7-16-18(12)13)14-4-8-1-9(5-14)3-10(2-8)6-14/h7-10H,1-6H2/i16+1. The first-order chi connectivity index (χ1) is 11.1. The molecule has 120 valence electrons. The van der Waals surface area contributed by atoms with Crippen molar-refractivity contribution in [2.24, 2.45) is 17.8 Å². The van der Waals surface area contributed by atoms with Crippen molar-refractivity contribution in [2.45, 2.75) is 44.1 Å². The Bertz CT molecular complexity index is 849. The maximum atomic E-state index is 12.2. The third-order valence-electron chi connectivity index (χ3n) is 5.93. The largest absolute Gasteiger partial charge is 0.455 e. The van der Waals surface area contributed by atoms with Gasteiger partial charge in [0, 0.05) is 0 Å². The fourth-order valence-corrected chi connectivity index (χ4v) is 5.56. The number of hydrogen-bond donors (Lipinski definition) is 0. The maximum absolute atomic E-state index is 12.2. The van der Waals surface area contributed by atoms with Crippen molar-refractivity contribution in [3.63, 3.8) is 0 Å². The van der Waals surface area contributed by atoms with Crippen molar-refractivity contribution < 1.29 is 4.92 Å². The molecule has 4 aliphatic rings. The van der Waals surface area contributed by atoms with Crippen LogP contribution in [0.3, 0.4) is 0 Å². The average molecular weight is 317 g/mol. The van der Waals surface area contributed by atoms with Crippen molar-refractivity contribution >= 4 is 11.6 Å². The van der Waals surface area contributed by atoms with Gasteiger partial charge in [-0.1, -0.05) is 0 Å². The molecule has 0 aliphatic heterocycles. The molecule has 0 unspecified atom stereocenters. The fraction of sp³-hybridized carbons (Fsp3) is 0.714. The van der Waals surface area contributed by atoms with Gasteiger partial charge in [-0.25, -0.2) is 0 Å². The van der Waals surface area contributed by atoms with Gasteiger partial charge < -0.3 is 10.1 Å². The van der Waals surface area contributed by atoms with E-state index in [0.29, 0.717) is 23.5 Å². The summed E-state index contributed by atoms with van der Waals surface area (Å²) in [6.07, 6.45) is 7.93. The molecule has 0 spiro atoms. The predicted octanol–water partition coefficient (Wildman–Crippen LogP) is 1.12. The molecule has 6 rings (SSSR count). The average Bonchev–Trinajstić information content (AvgIpc) is 2.95. The monoisotopic (exact) mass is 317 g/mol. The SMILES string of the molecule is O=c1c([N+](=O)[O-])nn(C23CC4CC(CC(C4)C2)C3)c2nc[15n]n12. The smallest absolute Gasteiger partial charge is 0.358 e. The van der Waals surface area contributed by atoms with E-state index in [4.69, 9.17) is 0 Å². The van der Waals surface area contributed by atoms with Crippen LogP contribution in [0.4, 0.5) is 5.82 Å². The topological polar surface area (TPSA) is 108 Å². The van der Waals surface area contributed by atoms with Crippen molar-refractivity contribution in [3.05, 3.63) is 26.8 Å². The molecule has 4 fully saturated rings. The summed E-state index contributed by atoms with van der Waals surface area (Å²) in [5, 5.41) is 19.3. The maximum Gasteiger partial charge on any atom is 0.455 e. The van der Waals surface area contributed by atoms with Crippen molar-refractivity contribution in [1.29, 1.82) is 0 Å². The van der Waals surface area contributed by atoms with Crippen LogP contribution < -0.4 is 5.56 Å². The van der Waals surface area contributed by atoms with E-state index < -0.39 is 16.3 Å². The number of nitro groups is 1. The van der Waals surface area contributed by atoms with E-state index in [-0.39, 0.29) is 5.54 Å². The molecular weight excluding hydrogens is 301 g/mol. The lowest BCUT2D eigenvalue weighted by Crippen LogP contribution is -2.53. The van der Waals surface area contributed by atoms with Crippen LogP contribution in [-0.4, -0.2) is 29.3 Å². The van der Waals surface area contributed by atoms with E-state index in [9.17, 15) is 14.9 Å². The summed E-state index contributed by atoms with van der Waals surface area (Å²) in [6.45, 7) is 0. The molecule has 9 nitrogen and oxygen atoms in total. The quantitative estimate of drug-likeness (QED) is 0.606. The Balaban J connectivity index is 1.77. The summed E-state index contributed by atoms with van der Waals surface area (Å²) < 4.78 is 2.67. The zero-order valence-corrected chi connectivity index (χ0v) is 12.5. The van der Waals surface area contributed by atoms with Crippen molar-refractivity contribution in [2.75, 3.05) is 0 Å². The van der Waals surface area contributed by atoms with E-state index >= 15 is 0 Å². The minimum absolute atomic E-state index is 0.249. The summed E-state index contributed by atoms with van der Waals surface area (Å²) in [6, 6.07) is 0. The first-order valence-electron chi connectivity index (χ1n) is 8.04. The van der Waals surface area contributed by atoms with Gasteiger partial charge in [0.25, 0.3) is 5.78 Å². The van der Waals surface area contributed by atoms with E-state index in [0.717, 1.165) is 23.8 Å². The van der Waals surface area contributed by atoms with Crippen LogP contribution in [0, 0.1) is 27.9 Å². The van der Waals surface area contributed by atoms with E-state index in [1.54, 1.807) is 4.68 Å². The number of nitrogens with zero attached hydrogens (tertiary/aromatic N) is 6. The van der Waals surface area contributed by atoms with Crippen LogP contribution in [0.2, 0.25) is 0 Å². The Morgan fingerprint density at radius 3 is 2.35 bits per heavy atom. The highest BCUT2D eigenvalue weighted by Crippen LogP contribution is 2.58. The van der Waals surface area contributed by atoms with Crippen LogP contribution in [0.5, 0.6) is 0 Å². The summed E-state index contributed by atoms with van der Waals surface area (Å²) in [5.41, 5.74) is -1.06. The number of rotatable bonds is 2. The van der Waals surface area contributed by atoms with Gasteiger partial charge >= 0.3 is 11.4 Å². The fourth-order valence-electron chi connectivity index (χ4n) is 5.56. The lowest BCUT2D eigenvalue weighted by atomic mass is 9.53. The van der Waals surface area contributed by atoms with E-state index in [1.165, 1.54) is 25.6 Å². The van der Waals surface area contributed by atoms with E-state index in [2.05, 4.69) is 15.2 Å². The molecular formula is C14H16N6O3. The third kappa shape index (κ3) is 1.67. The van der Waals surface area contributed by atoms with Gasteiger partial charge in [-0.05, 0) is 61.2 Å². The third-order valence-corrected chi connectivity index (χ3v) is 5.93. The van der Waals surface area contributed by atoms with Crippen molar-refractivity contribution in [3.8, 4) is 0 Å². The van der Waals surface area contributed by atoms with Gasteiger partial charge in [0.2, 0.25) is 0 Å². The van der Waals surface area contributed by atoms with Crippen LogP contribution in [0.1, 0.15) is 38.5 Å². The predicted molar refractivity (Wildman–Crippen MR) is 77.8 cm³/mol. The van der Waals surface area contributed by atoms with Gasteiger partial charge in [-0.3, -0.25) is 4.79 Å². The number of hydrogen-bond acceptors (Lipinski definition) is 6. The molecule has 2 heterocycles. The minimum Gasteiger partial charge on any atom is -0.358 e. The Morgan fingerprint density at radius 2 is 1.78 bits per heavy atom. The van der Waals surface area contributed by atoms with Gasteiger partial charge in [0.15, 0.2) is 0 Å². The van der Waals surface area contributed by atoms with Crippen LogP contribution in [0.25, 0.3) is 5.78 Å².